The van der Waals surface area contributed by atoms with Crippen LogP contribution in [0.3, 0.4) is 0 Å². The first kappa shape index (κ1) is 20.0. The van der Waals surface area contributed by atoms with Crippen molar-refractivity contribution >= 4 is 52.2 Å². The van der Waals surface area contributed by atoms with Crippen LogP contribution < -0.4 is 10.1 Å². The molecule has 3 amide bonds. The Morgan fingerprint density at radius 3 is 2.79 bits per heavy atom. The van der Waals surface area contributed by atoms with Crippen LogP contribution in [0.5, 0.6) is 5.75 Å². The van der Waals surface area contributed by atoms with Gasteiger partial charge < -0.3 is 10.1 Å². The number of benzene rings is 2. The number of anilines is 1. The van der Waals surface area contributed by atoms with Crippen molar-refractivity contribution in [3.8, 4) is 5.75 Å². The standard InChI is InChI=1S/C20H17ClN2O4S/c1-12-6-7-14(21)10-16(12)22-18(24)11-23-19(25)17(28-20(23)26)9-13-4-3-5-15(8-13)27-2/h3-10H,11H2,1-2H3,(H,22,24)/b17-9+. The number of carbonyl (C=O) groups excluding carboxylic acids is 3. The van der Waals surface area contributed by atoms with Gasteiger partial charge in [0.1, 0.15) is 12.3 Å². The monoisotopic (exact) mass is 416 g/mol. The molecule has 0 aromatic heterocycles. The van der Waals surface area contributed by atoms with E-state index in [1.165, 1.54) is 0 Å². The Bertz CT molecular complexity index is 990. The zero-order valence-electron chi connectivity index (χ0n) is 15.2. The first-order valence-corrected chi connectivity index (χ1v) is 9.52. The molecule has 3 rings (SSSR count). The molecule has 0 bridgehead atoms. The third-order valence-corrected chi connectivity index (χ3v) is 5.18. The van der Waals surface area contributed by atoms with Gasteiger partial charge in [0.2, 0.25) is 5.91 Å². The van der Waals surface area contributed by atoms with Crippen LogP contribution in [-0.2, 0) is 9.59 Å². The van der Waals surface area contributed by atoms with Gasteiger partial charge in [0, 0.05) is 10.7 Å². The fourth-order valence-corrected chi connectivity index (χ4v) is 3.59. The Morgan fingerprint density at radius 1 is 1.25 bits per heavy atom. The highest BCUT2D eigenvalue weighted by molar-refractivity contribution is 8.18. The average Bonchev–Trinajstić information content (AvgIpc) is 2.92. The molecule has 0 aliphatic carbocycles. The topological polar surface area (TPSA) is 75.7 Å². The van der Waals surface area contributed by atoms with E-state index < -0.39 is 17.1 Å². The number of thioether (sulfide) groups is 1. The number of methoxy groups -OCH3 is 1. The molecule has 6 nitrogen and oxygen atoms in total. The number of halogens is 1. The van der Waals surface area contributed by atoms with Crippen molar-refractivity contribution in [1.29, 1.82) is 0 Å². The second-order valence-electron chi connectivity index (χ2n) is 6.05. The average molecular weight is 417 g/mol. The predicted molar refractivity (Wildman–Crippen MR) is 110 cm³/mol. The van der Waals surface area contributed by atoms with Gasteiger partial charge >= 0.3 is 0 Å². The summed E-state index contributed by atoms with van der Waals surface area (Å²) in [5, 5.41) is 2.68. The Balaban J connectivity index is 1.72. The van der Waals surface area contributed by atoms with E-state index in [2.05, 4.69) is 5.32 Å². The van der Waals surface area contributed by atoms with Gasteiger partial charge in [-0.15, -0.1) is 0 Å². The molecule has 0 atom stereocenters. The molecule has 1 fully saturated rings. The summed E-state index contributed by atoms with van der Waals surface area (Å²) in [5.41, 5.74) is 2.09. The van der Waals surface area contributed by atoms with Crippen LogP contribution in [0, 0.1) is 6.92 Å². The maximum Gasteiger partial charge on any atom is 0.294 e. The number of hydrogen-bond acceptors (Lipinski definition) is 5. The highest BCUT2D eigenvalue weighted by Crippen LogP contribution is 2.32. The Hall–Kier alpha value is -2.77. The quantitative estimate of drug-likeness (QED) is 0.734. The van der Waals surface area contributed by atoms with Crippen molar-refractivity contribution in [2.45, 2.75) is 6.92 Å². The molecule has 144 valence electrons. The molecule has 0 spiro atoms. The number of nitrogens with one attached hydrogen (secondary N) is 1. The summed E-state index contributed by atoms with van der Waals surface area (Å²) in [4.78, 5) is 38.3. The first-order valence-electron chi connectivity index (χ1n) is 8.33. The Labute approximate surface area is 171 Å². The van der Waals surface area contributed by atoms with Gasteiger partial charge in [-0.25, -0.2) is 0 Å². The molecule has 1 saturated heterocycles. The molecule has 1 heterocycles. The molecule has 2 aromatic carbocycles. The summed E-state index contributed by atoms with van der Waals surface area (Å²) in [5.74, 6) is -0.338. The summed E-state index contributed by atoms with van der Waals surface area (Å²) in [6.45, 7) is 1.45. The maximum absolute atomic E-state index is 12.6. The highest BCUT2D eigenvalue weighted by atomic mass is 35.5. The SMILES string of the molecule is COc1cccc(/C=C2/SC(=O)N(CC(=O)Nc3cc(Cl)ccc3C)C2=O)c1. The summed E-state index contributed by atoms with van der Waals surface area (Å²) in [6, 6.07) is 12.2. The zero-order valence-corrected chi connectivity index (χ0v) is 16.8. The van der Waals surface area contributed by atoms with Crippen LogP contribution in [0.2, 0.25) is 5.02 Å². The molecular weight excluding hydrogens is 400 g/mol. The third-order valence-electron chi connectivity index (χ3n) is 4.04. The van der Waals surface area contributed by atoms with Crippen molar-refractivity contribution in [2.24, 2.45) is 0 Å². The van der Waals surface area contributed by atoms with E-state index in [0.29, 0.717) is 16.5 Å². The van der Waals surface area contributed by atoms with Crippen molar-refractivity contribution in [3.05, 3.63) is 63.5 Å². The van der Waals surface area contributed by atoms with Gasteiger partial charge in [-0.1, -0.05) is 29.8 Å². The Kier molecular flexibility index (Phi) is 6.06. The lowest BCUT2D eigenvalue weighted by Crippen LogP contribution is -2.36. The number of nitrogens with zero attached hydrogens (tertiary/aromatic N) is 1. The Morgan fingerprint density at radius 2 is 2.04 bits per heavy atom. The summed E-state index contributed by atoms with van der Waals surface area (Å²) in [6.07, 6.45) is 1.60. The molecule has 1 aliphatic rings. The van der Waals surface area contributed by atoms with E-state index in [0.717, 1.165) is 27.8 Å². The van der Waals surface area contributed by atoms with Gasteiger partial charge in [-0.05, 0) is 60.2 Å². The summed E-state index contributed by atoms with van der Waals surface area (Å²) in [7, 11) is 1.55. The lowest BCUT2D eigenvalue weighted by atomic mass is 10.2. The number of hydrogen-bond donors (Lipinski definition) is 1. The second-order valence-corrected chi connectivity index (χ2v) is 7.48. The first-order chi connectivity index (χ1) is 13.4. The van der Waals surface area contributed by atoms with Crippen molar-refractivity contribution < 1.29 is 19.1 Å². The molecule has 1 aliphatic heterocycles. The third kappa shape index (κ3) is 4.55. The molecule has 1 N–H and O–H groups in total. The summed E-state index contributed by atoms with van der Waals surface area (Å²) < 4.78 is 5.15. The van der Waals surface area contributed by atoms with Crippen LogP contribution in [0.4, 0.5) is 10.5 Å². The normalized spacial score (nSPS) is 15.2. The predicted octanol–water partition coefficient (Wildman–Crippen LogP) is 4.33. The van der Waals surface area contributed by atoms with Crippen molar-refractivity contribution in [2.75, 3.05) is 19.0 Å². The molecule has 0 unspecified atom stereocenters. The van der Waals surface area contributed by atoms with Crippen LogP contribution >= 0.6 is 23.4 Å². The largest absolute Gasteiger partial charge is 0.497 e. The smallest absolute Gasteiger partial charge is 0.294 e. The van der Waals surface area contributed by atoms with E-state index in [1.54, 1.807) is 55.7 Å². The minimum atomic E-state index is -0.504. The number of ether oxygens (including phenoxy) is 1. The maximum atomic E-state index is 12.6. The van der Waals surface area contributed by atoms with Gasteiger partial charge in [0.05, 0.1) is 12.0 Å². The second kappa shape index (κ2) is 8.50. The fourth-order valence-electron chi connectivity index (χ4n) is 2.58. The van der Waals surface area contributed by atoms with Gasteiger partial charge in [0.15, 0.2) is 0 Å². The molecular formula is C20H17ClN2O4S. The van der Waals surface area contributed by atoms with E-state index >= 15 is 0 Å². The van der Waals surface area contributed by atoms with Crippen molar-refractivity contribution in [1.82, 2.24) is 4.90 Å². The number of imide groups is 1. The van der Waals surface area contributed by atoms with Crippen LogP contribution in [0.15, 0.2) is 47.4 Å². The van der Waals surface area contributed by atoms with Crippen LogP contribution in [0.25, 0.3) is 6.08 Å². The fraction of sp³-hybridized carbons (Fsp3) is 0.150. The van der Waals surface area contributed by atoms with Gasteiger partial charge in [-0.2, -0.15) is 0 Å². The van der Waals surface area contributed by atoms with Gasteiger partial charge in [-0.3, -0.25) is 19.3 Å². The van der Waals surface area contributed by atoms with Crippen LogP contribution in [0.1, 0.15) is 11.1 Å². The number of rotatable bonds is 5. The van der Waals surface area contributed by atoms with E-state index in [9.17, 15) is 14.4 Å². The van der Waals surface area contributed by atoms with Crippen LogP contribution in [-0.4, -0.2) is 35.6 Å². The zero-order chi connectivity index (χ0) is 20.3. The van der Waals surface area contributed by atoms with E-state index in [4.69, 9.17) is 16.3 Å². The summed E-state index contributed by atoms with van der Waals surface area (Å²) >= 11 is 6.75. The molecule has 0 saturated carbocycles. The minimum Gasteiger partial charge on any atom is -0.497 e. The molecule has 28 heavy (non-hydrogen) atoms. The molecule has 8 heteroatoms. The van der Waals surface area contributed by atoms with Gasteiger partial charge in [0.25, 0.3) is 11.1 Å². The highest BCUT2D eigenvalue weighted by Gasteiger charge is 2.36. The molecule has 2 aromatic rings. The van der Waals surface area contributed by atoms with Crippen molar-refractivity contribution in [3.63, 3.8) is 0 Å². The number of carbonyl (C=O) groups is 3. The minimum absolute atomic E-state index is 0.255. The lowest BCUT2D eigenvalue weighted by molar-refractivity contribution is -0.127. The van der Waals surface area contributed by atoms with E-state index in [1.807, 2.05) is 6.92 Å². The lowest BCUT2D eigenvalue weighted by Gasteiger charge is -2.13. The van der Waals surface area contributed by atoms with E-state index in [-0.39, 0.29) is 11.4 Å². The molecule has 0 radical (unpaired) electrons. The number of aryl methyl sites for hydroxylation is 1. The number of amides is 3.